The molecule has 7 heteroatoms. The second-order valence-electron chi connectivity index (χ2n) is 6.34. The highest BCUT2D eigenvalue weighted by Crippen LogP contribution is 2.13. The minimum absolute atomic E-state index is 0.0695. The summed E-state index contributed by atoms with van der Waals surface area (Å²) >= 11 is 0. The molecule has 3 rings (SSSR count). The lowest BCUT2D eigenvalue weighted by molar-refractivity contribution is -0.121. The average molecular weight is 367 g/mol. The van der Waals surface area contributed by atoms with E-state index in [0.717, 1.165) is 11.1 Å². The lowest BCUT2D eigenvalue weighted by atomic mass is 10.1. The van der Waals surface area contributed by atoms with Crippen molar-refractivity contribution in [3.8, 4) is 5.75 Å². The van der Waals surface area contributed by atoms with Gasteiger partial charge in [-0.2, -0.15) is 0 Å². The van der Waals surface area contributed by atoms with Crippen molar-refractivity contribution in [2.75, 3.05) is 6.54 Å². The second kappa shape index (κ2) is 9.29. The zero-order chi connectivity index (χ0) is 19.1. The summed E-state index contributed by atoms with van der Waals surface area (Å²) in [5.74, 6) is 0.144. The summed E-state index contributed by atoms with van der Waals surface area (Å²) in [4.78, 5) is 12.4. The Morgan fingerprint density at radius 3 is 2.52 bits per heavy atom. The Kier molecular flexibility index (Phi) is 6.56. The third-order valence-corrected chi connectivity index (χ3v) is 4.29. The number of phenols is 1. The molecule has 1 saturated heterocycles. The van der Waals surface area contributed by atoms with Crippen LogP contribution in [0.3, 0.4) is 0 Å². The first-order chi connectivity index (χ1) is 13.2. The van der Waals surface area contributed by atoms with Gasteiger partial charge in [0.05, 0.1) is 6.04 Å². The zero-order valence-electron chi connectivity index (χ0n) is 15.1. The molecule has 2 aromatic rings. The molecule has 0 radical (unpaired) electrons. The van der Waals surface area contributed by atoms with Crippen molar-refractivity contribution in [1.82, 2.24) is 26.6 Å². The number of aromatic hydroxyl groups is 1. The molecule has 1 amide bonds. The first kappa shape index (κ1) is 19.1. The van der Waals surface area contributed by atoms with Gasteiger partial charge in [-0.25, -0.2) is 10.9 Å². The molecule has 0 bridgehead atoms. The summed E-state index contributed by atoms with van der Waals surface area (Å²) in [5, 5.41) is 17.4. The third kappa shape index (κ3) is 5.38. The molecule has 1 fully saturated rings. The lowest BCUT2D eigenvalue weighted by Gasteiger charge is -2.29. The zero-order valence-corrected chi connectivity index (χ0v) is 15.1. The molecule has 27 heavy (non-hydrogen) atoms. The Labute approximate surface area is 159 Å². The SMILES string of the molecule is C=CCNN(NCc1ccccc1)[C@H]1NC(=O)[C@H](Cc2ccc(O)cc2)N1. The van der Waals surface area contributed by atoms with Gasteiger partial charge in [0.25, 0.3) is 0 Å². The van der Waals surface area contributed by atoms with Crippen LogP contribution in [0.2, 0.25) is 0 Å². The van der Waals surface area contributed by atoms with E-state index in [1.807, 2.05) is 42.5 Å². The number of hydrazine groups is 2. The Bertz CT molecular complexity index is 751. The van der Waals surface area contributed by atoms with Crippen molar-refractivity contribution < 1.29 is 9.90 Å². The third-order valence-electron chi connectivity index (χ3n) is 4.29. The molecule has 0 saturated carbocycles. The van der Waals surface area contributed by atoms with E-state index < -0.39 is 6.29 Å². The van der Waals surface area contributed by atoms with Crippen LogP contribution >= 0.6 is 0 Å². The number of phenolic OH excluding ortho intramolecular Hbond substituents is 1. The van der Waals surface area contributed by atoms with Crippen molar-refractivity contribution in [1.29, 1.82) is 0 Å². The predicted molar refractivity (Wildman–Crippen MR) is 104 cm³/mol. The van der Waals surface area contributed by atoms with Gasteiger partial charge in [-0.3, -0.25) is 10.1 Å². The van der Waals surface area contributed by atoms with Gasteiger partial charge in [0, 0.05) is 13.1 Å². The van der Waals surface area contributed by atoms with Crippen molar-refractivity contribution >= 4 is 5.91 Å². The minimum Gasteiger partial charge on any atom is -0.508 e. The Morgan fingerprint density at radius 2 is 1.81 bits per heavy atom. The van der Waals surface area contributed by atoms with Gasteiger partial charge in [0.1, 0.15) is 5.75 Å². The molecule has 1 aliphatic rings. The number of nitrogens with one attached hydrogen (secondary N) is 4. The van der Waals surface area contributed by atoms with Crippen LogP contribution in [0.1, 0.15) is 11.1 Å². The van der Waals surface area contributed by atoms with Gasteiger partial charge in [-0.05, 0) is 29.7 Å². The van der Waals surface area contributed by atoms with E-state index in [9.17, 15) is 9.90 Å². The van der Waals surface area contributed by atoms with E-state index in [0.29, 0.717) is 19.5 Å². The molecule has 5 N–H and O–H groups in total. The van der Waals surface area contributed by atoms with Crippen LogP contribution < -0.4 is 21.5 Å². The summed E-state index contributed by atoms with van der Waals surface area (Å²) in [6.45, 7) is 4.89. The number of carbonyl (C=O) groups is 1. The lowest BCUT2D eigenvalue weighted by Crippen LogP contribution is -2.61. The molecule has 1 aliphatic heterocycles. The molecule has 7 nitrogen and oxygen atoms in total. The maximum atomic E-state index is 12.4. The fourth-order valence-electron chi connectivity index (χ4n) is 2.88. The molecule has 0 spiro atoms. The topological polar surface area (TPSA) is 88.7 Å². The van der Waals surface area contributed by atoms with Gasteiger partial charge >= 0.3 is 0 Å². The standard InChI is InChI=1S/C20H25N5O2/c1-2-12-21-25(22-14-16-6-4-3-5-7-16)20-23-18(19(27)24-20)13-15-8-10-17(26)11-9-15/h2-11,18,20-23,26H,1,12-14H2,(H,24,27)/t18-,20+/m0/s1. The fourth-order valence-corrected chi connectivity index (χ4v) is 2.88. The van der Waals surface area contributed by atoms with E-state index >= 15 is 0 Å². The van der Waals surface area contributed by atoms with E-state index in [2.05, 4.69) is 28.1 Å². The number of hydrogen-bond donors (Lipinski definition) is 5. The quantitative estimate of drug-likeness (QED) is 0.336. The number of rotatable bonds is 9. The highest BCUT2D eigenvalue weighted by molar-refractivity contribution is 5.84. The van der Waals surface area contributed by atoms with Gasteiger partial charge < -0.3 is 10.4 Å². The van der Waals surface area contributed by atoms with Gasteiger partial charge in [0.15, 0.2) is 6.29 Å². The van der Waals surface area contributed by atoms with Crippen molar-refractivity contribution in [2.45, 2.75) is 25.3 Å². The largest absolute Gasteiger partial charge is 0.508 e. The number of hydrogen-bond acceptors (Lipinski definition) is 6. The molecular weight excluding hydrogens is 342 g/mol. The maximum Gasteiger partial charge on any atom is 0.239 e. The van der Waals surface area contributed by atoms with Crippen LogP contribution in [0.25, 0.3) is 0 Å². The monoisotopic (exact) mass is 367 g/mol. The summed E-state index contributed by atoms with van der Waals surface area (Å²) in [7, 11) is 0. The van der Waals surface area contributed by atoms with E-state index in [1.165, 1.54) is 0 Å². The first-order valence-corrected chi connectivity index (χ1v) is 8.91. The molecule has 2 aromatic carbocycles. The van der Waals surface area contributed by atoms with Gasteiger partial charge in [-0.15, -0.1) is 11.7 Å². The Hall–Kier alpha value is -2.71. The minimum atomic E-state index is -0.400. The molecule has 0 aliphatic carbocycles. The van der Waals surface area contributed by atoms with Crippen molar-refractivity contribution in [2.24, 2.45) is 0 Å². The van der Waals surface area contributed by atoms with E-state index in [1.54, 1.807) is 23.3 Å². The Balaban J connectivity index is 1.61. The maximum absolute atomic E-state index is 12.4. The van der Waals surface area contributed by atoms with Crippen LogP contribution in [0.15, 0.2) is 67.3 Å². The van der Waals surface area contributed by atoms with Gasteiger partial charge in [0.2, 0.25) is 5.91 Å². The summed E-state index contributed by atoms with van der Waals surface area (Å²) in [6, 6.07) is 16.6. The van der Waals surface area contributed by atoms with Crippen LogP contribution in [0, 0.1) is 0 Å². The average Bonchev–Trinajstić information content (AvgIpc) is 3.05. The normalized spacial score (nSPS) is 19.2. The highest BCUT2D eigenvalue weighted by atomic mass is 16.3. The van der Waals surface area contributed by atoms with Gasteiger partial charge in [-0.1, -0.05) is 48.5 Å². The molecular formula is C20H25N5O2. The second-order valence-corrected chi connectivity index (χ2v) is 6.34. The van der Waals surface area contributed by atoms with Crippen molar-refractivity contribution in [3.05, 3.63) is 78.4 Å². The molecule has 0 unspecified atom stereocenters. The molecule has 1 heterocycles. The summed E-state index contributed by atoms with van der Waals surface area (Å²) in [5.41, 5.74) is 8.59. The smallest absolute Gasteiger partial charge is 0.239 e. The number of nitrogens with zero attached hydrogens (tertiary/aromatic N) is 1. The highest BCUT2D eigenvalue weighted by Gasteiger charge is 2.34. The number of amides is 1. The van der Waals surface area contributed by atoms with E-state index in [4.69, 9.17) is 0 Å². The first-order valence-electron chi connectivity index (χ1n) is 8.91. The molecule has 2 atom stereocenters. The van der Waals surface area contributed by atoms with Crippen LogP contribution in [-0.2, 0) is 17.8 Å². The van der Waals surface area contributed by atoms with Crippen LogP contribution in [-0.4, -0.2) is 35.0 Å². The molecule has 142 valence electrons. The number of carbonyl (C=O) groups excluding carboxylic acids is 1. The van der Waals surface area contributed by atoms with Crippen molar-refractivity contribution in [3.63, 3.8) is 0 Å². The predicted octanol–water partition coefficient (Wildman–Crippen LogP) is 1.00. The fraction of sp³-hybridized carbons (Fsp3) is 0.250. The number of benzene rings is 2. The van der Waals surface area contributed by atoms with E-state index in [-0.39, 0.29) is 17.7 Å². The summed E-state index contributed by atoms with van der Waals surface area (Å²) < 4.78 is 0. The summed E-state index contributed by atoms with van der Waals surface area (Å²) in [6.07, 6.45) is 1.89. The van der Waals surface area contributed by atoms with Crippen LogP contribution in [0.4, 0.5) is 0 Å². The Morgan fingerprint density at radius 1 is 1.07 bits per heavy atom. The molecule has 0 aromatic heterocycles. The van der Waals surface area contributed by atoms with Crippen LogP contribution in [0.5, 0.6) is 5.75 Å².